The van der Waals surface area contributed by atoms with E-state index in [4.69, 9.17) is 9.47 Å². The summed E-state index contributed by atoms with van der Waals surface area (Å²) in [4.78, 5) is 11.1. The van der Waals surface area contributed by atoms with Crippen molar-refractivity contribution in [2.45, 2.75) is 52.5 Å². The molecule has 0 aromatic carbocycles. The van der Waals surface area contributed by atoms with Crippen molar-refractivity contribution in [1.82, 2.24) is 5.32 Å². The fourth-order valence-corrected chi connectivity index (χ4v) is 1.76. The van der Waals surface area contributed by atoms with E-state index in [2.05, 4.69) is 19.2 Å². The molecule has 0 aliphatic carbocycles. The molecule has 0 amide bonds. The number of rotatable bonds is 11. The van der Waals surface area contributed by atoms with E-state index in [0.717, 1.165) is 32.4 Å². The number of carbonyl (C=O) groups excluding carboxylic acids is 1. The highest BCUT2D eigenvalue weighted by molar-refractivity contribution is 5.69. The molecule has 0 bridgehead atoms. The molecule has 0 saturated carbocycles. The number of unbranched alkanes of at least 4 members (excludes halogenated alkanes) is 2. The first kappa shape index (κ1) is 17.4. The first-order valence-electron chi connectivity index (χ1n) is 6.99. The van der Waals surface area contributed by atoms with E-state index in [1.807, 2.05) is 6.92 Å². The molecule has 0 rings (SSSR count). The number of nitrogens with one attached hydrogen (secondary N) is 1. The Morgan fingerprint density at radius 3 is 2.50 bits per heavy atom. The highest BCUT2D eigenvalue weighted by Gasteiger charge is 2.11. The van der Waals surface area contributed by atoms with Crippen LogP contribution in [-0.4, -0.2) is 38.9 Å². The second-order valence-electron chi connectivity index (χ2n) is 4.88. The first-order valence-corrected chi connectivity index (χ1v) is 6.99. The van der Waals surface area contributed by atoms with Gasteiger partial charge in [0.05, 0.1) is 13.2 Å². The molecule has 0 spiro atoms. The van der Waals surface area contributed by atoms with Crippen LogP contribution in [-0.2, 0) is 14.3 Å². The Labute approximate surface area is 111 Å². The molecule has 0 heterocycles. The fraction of sp³-hybridized carbons (Fsp3) is 0.929. The van der Waals surface area contributed by atoms with Gasteiger partial charge in [-0.3, -0.25) is 4.79 Å². The Morgan fingerprint density at radius 2 is 1.94 bits per heavy atom. The van der Waals surface area contributed by atoms with Crippen molar-refractivity contribution >= 4 is 5.97 Å². The van der Waals surface area contributed by atoms with Crippen LogP contribution in [0.15, 0.2) is 0 Å². The molecular weight excluding hydrogens is 230 g/mol. The monoisotopic (exact) mass is 259 g/mol. The number of carbonyl (C=O) groups is 1. The van der Waals surface area contributed by atoms with Crippen molar-refractivity contribution in [2.24, 2.45) is 5.92 Å². The van der Waals surface area contributed by atoms with Gasteiger partial charge in [-0.25, -0.2) is 0 Å². The minimum atomic E-state index is -0.0788. The van der Waals surface area contributed by atoms with Crippen LogP contribution >= 0.6 is 0 Å². The molecule has 4 heteroatoms. The molecule has 18 heavy (non-hydrogen) atoms. The zero-order valence-electron chi connectivity index (χ0n) is 12.3. The van der Waals surface area contributed by atoms with Gasteiger partial charge >= 0.3 is 5.97 Å². The molecule has 0 radical (unpaired) electrons. The standard InChI is InChI=1S/C14H29NO3/c1-5-18-14(16)9-7-6-8-10-15-13(11-17-4)12(2)3/h12-13,15H,5-11H2,1-4H3. The summed E-state index contributed by atoms with van der Waals surface area (Å²) in [6.07, 6.45) is 3.60. The second kappa shape index (κ2) is 11.5. The molecule has 1 N–H and O–H groups in total. The summed E-state index contributed by atoms with van der Waals surface area (Å²) in [6.45, 7) is 8.43. The molecule has 4 nitrogen and oxygen atoms in total. The van der Waals surface area contributed by atoms with Gasteiger partial charge in [0, 0.05) is 19.6 Å². The number of methoxy groups -OCH3 is 1. The van der Waals surface area contributed by atoms with Crippen molar-refractivity contribution < 1.29 is 14.3 Å². The van der Waals surface area contributed by atoms with Crippen molar-refractivity contribution in [1.29, 1.82) is 0 Å². The average Bonchev–Trinajstić information content (AvgIpc) is 2.32. The maximum absolute atomic E-state index is 11.1. The van der Waals surface area contributed by atoms with Crippen LogP contribution in [0.2, 0.25) is 0 Å². The average molecular weight is 259 g/mol. The highest BCUT2D eigenvalue weighted by atomic mass is 16.5. The topological polar surface area (TPSA) is 47.6 Å². The highest BCUT2D eigenvalue weighted by Crippen LogP contribution is 2.04. The summed E-state index contributed by atoms with van der Waals surface area (Å²) in [5.41, 5.74) is 0. The van der Waals surface area contributed by atoms with Crippen LogP contribution < -0.4 is 5.32 Å². The summed E-state index contributed by atoms with van der Waals surface area (Å²) in [6, 6.07) is 0.417. The van der Waals surface area contributed by atoms with Gasteiger partial charge in [-0.2, -0.15) is 0 Å². The normalized spacial score (nSPS) is 12.7. The van der Waals surface area contributed by atoms with Gasteiger partial charge < -0.3 is 14.8 Å². The lowest BCUT2D eigenvalue weighted by atomic mass is 10.1. The lowest BCUT2D eigenvalue weighted by Gasteiger charge is -2.21. The molecule has 0 aliphatic rings. The molecule has 0 aliphatic heterocycles. The van der Waals surface area contributed by atoms with Crippen LogP contribution in [0.1, 0.15) is 46.5 Å². The van der Waals surface area contributed by atoms with E-state index >= 15 is 0 Å². The SMILES string of the molecule is CCOC(=O)CCCCCNC(COC)C(C)C. The molecular formula is C14H29NO3. The number of hydrogen-bond donors (Lipinski definition) is 1. The molecule has 1 unspecified atom stereocenters. The number of ether oxygens (including phenoxy) is 2. The van der Waals surface area contributed by atoms with Crippen LogP contribution in [0.4, 0.5) is 0 Å². The van der Waals surface area contributed by atoms with Gasteiger partial charge in [-0.1, -0.05) is 20.3 Å². The van der Waals surface area contributed by atoms with Gasteiger partial charge in [-0.15, -0.1) is 0 Å². The van der Waals surface area contributed by atoms with Crippen LogP contribution in [0.25, 0.3) is 0 Å². The Hall–Kier alpha value is -0.610. The summed E-state index contributed by atoms with van der Waals surface area (Å²) in [5, 5.41) is 3.49. The minimum Gasteiger partial charge on any atom is -0.466 e. The minimum absolute atomic E-state index is 0.0788. The maximum atomic E-state index is 11.1. The van der Waals surface area contributed by atoms with E-state index in [1.54, 1.807) is 7.11 Å². The Morgan fingerprint density at radius 1 is 1.22 bits per heavy atom. The van der Waals surface area contributed by atoms with E-state index < -0.39 is 0 Å². The van der Waals surface area contributed by atoms with Gasteiger partial charge in [-0.05, 0) is 32.2 Å². The van der Waals surface area contributed by atoms with Gasteiger partial charge in [0.25, 0.3) is 0 Å². The summed E-state index contributed by atoms with van der Waals surface area (Å²) < 4.78 is 10.1. The molecule has 0 fully saturated rings. The zero-order valence-corrected chi connectivity index (χ0v) is 12.3. The zero-order chi connectivity index (χ0) is 13.8. The van der Waals surface area contributed by atoms with Crippen molar-refractivity contribution in [2.75, 3.05) is 26.9 Å². The molecule has 1 atom stereocenters. The summed E-state index contributed by atoms with van der Waals surface area (Å²) in [7, 11) is 1.73. The van der Waals surface area contributed by atoms with Crippen molar-refractivity contribution in [3.05, 3.63) is 0 Å². The van der Waals surface area contributed by atoms with Gasteiger partial charge in [0.1, 0.15) is 0 Å². The largest absolute Gasteiger partial charge is 0.466 e. The lowest BCUT2D eigenvalue weighted by molar-refractivity contribution is -0.143. The maximum Gasteiger partial charge on any atom is 0.305 e. The van der Waals surface area contributed by atoms with Crippen LogP contribution in [0.5, 0.6) is 0 Å². The smallest absolute Gasteiger partial charge is 0.305 e. The van der Waals surface area contributed by atoms with Crippen LogP contribution in [0, 0.1) is 5.92 Å². The second-order valence-corrected chi connectivity index (χ2v) is 4.88. The predicted molar refractivity (Wildman–Crippen MR) is 73.6 cm³/mol. The first-order chi connectivity index (χ1) is 8.61. The predicted octanol–water partition coefficient (Wildman–Crippen LogP) is 2.37. The number of hydrogen-bond acceptors (Lipinski definition) is 4. The van der Waals surface area contributed by atoms with Gasteiger partial charge in [0.2, 0.25) is 0 Å². The third-order valence-electron chi connectivity index (χ3n) is 2.92. The molecule has 108 valence electrons. The van der Waals surface area contributed by atoms with Crippen molar-refractivity contribution in [3.8, 4) is 0 Å². The van der Waals surface area contributed by atoms with E-state index in [9.17, 15) is 4.79 Å². The van der Waals surface area contributed by atoms with E-state index in [-0.39, 0.29) is 5.97 Å². The van der Waals surface area contributed by atoms with Crippen molar-refractivity contribution in [3.63, 3.8) is 0 Å². The molecule has 0 saturated heterocycles. The Bertz CT molecular complexity index is 207. The number of esters is 1. The lowest BCUT2D eigenvalue weighted by Crippen LogP contribution is -2.38. The van der Waals surface area contributed by atoms with Gasteiger partial charge in [0.15, 0.2) is 0 Å². The van der Waals surface area contributed by atoms with Crippen LogP contribution in [0.3, 0.4) is 0 Å². The quantitative estimate of drug-likeness (QED) is 0.457. The summed E-state index contributed by atoms with van der Waals surface area (Å²) >= 11 is 0. The Kier molecular flexibility index (Phi) is 11.1. The summed E-state index contributed by atoms with van der Waals surface area (Å²) in [5.74, 6) is 0.495. The Balaban J connectivity index is 3.46. The van der Waals surface area contributed by atoms with E-state index in [0.29, 0.717) is 25.0 Å². The molecule has 0 aromatic rings. The van der Waals surface area contributed by atoms with E-state index in [1.165, 1.54) is 0 Å². The molecule has 0 aromatic heterocycles. The third-order valence-corrected chi connectivity index (χ3v) is 2.92. The fourth-order valence-electron chi connectivity index (χ4n) is 1.76. The third kappa shape index (κ3) is 9.42.